The minimum atomic E-state index is -3.09. The zero-order chi connectivity index (χ0) is 12.6. The molecule has 1 N–H and O–H groups in total. The van der Waals surface area contributed by atoms with Gasteiger partial charge < -0.3 is 10.1 Å². The third kappa shape index (κ3) is 2.09. The number of alkyl halides is 2. The number of amides is 1. The minimum Gasteiger partial charge on any atom is -0.443 e. The summed E-state index contributed by atoms with van der Waals surface area (Å²) in [5.74, 6) is -3.09. The number of carbonyl (C=O) groups excluding carboxylic acids is 1. The largest absolute Gasteiger partial charge is 0.443 e. The SMILES string of the molecule is Cc1cccc(C)c1[C@H]1NC(=O)OCC1(F)F. The lowest BCUT2D eigenvalue weighted by atomic mass is 9.92. The van der Waals surface area contributed by atoms with E-state index in [4.69, 9.17) is 0 Å². The van der Waals surface area contributed by atoms with E-state index in [9.17, 15) is 13.6 Å². The fourth-order valence-electron chi connectivity index (χ4n) is 2.08. The molecule has 0 unspecified atom stereocenters. The van der Waals surface area contributed by atoms with E-state index in [-0.39, 0.29) is 0 Å². The summed E-state index contributed by atoms with van der Waals surface area (Å²) in [5.41, 5.74) is 1.93. The number of carbonyl (C=O) groups is 1. The lowest BCUT2D eigenvalue weighted by molar-refractivity contribution is -0.104. The van der Waals surface area contributed by atoms with Gasteiger partial charge in [0, 0.05) is 0 Å². The predicted octanol–water partition coefficient (Wildman–Crippen LogP) is 2.72. The van der Waals surface area contributed by atoms with Crippen LogP contribution in [0.1, 0.15) is 22.7 Å². The summed E-state index contributed by atoms with van der Waals surface area (Å²) in [4.78, 5) is 11.1. The summed E-state index contributed by atoms with van der Waals surface area (Å²) < 4.78 is 31.8. The molecule has 2 rings (SSSR count). The molecule has 0 spiro atoms. The van der Waals surface area contributed by atoms with Gasteiger partial charge in [-0.1, -0.05) is 18.2 Å². The van der Waals surface area contributed by atoms with Crippen LogP contribution in [0.2, 0.25) is 0 Å². The average molecular weight is 241 g/mol. The number of benzene rings is 1. The van der Waals surface area contributed by atoms with Crippen molar-refractivity contribution in [2.24, 2.45) is 0 Å². The quantitative estimate of drug-likeness (QED) is 0.821. The summed E-state index contributed by atoms with van der Waals surface area (Å²) in [7, 11) is 0. The zero-order valence-electron chi connectivity index (χ0n) is 9.59. The molecule has 1 aromatic rings. The van der Waals surface area contributed by atoms with Crippen LogP contribution in [0.15, 0.2) is 18.2 Å². The summed E-state index contributed by atoms with van der Waals surface area (Å²) >= 11 is 0. The second-order valence-corrected chi connectivity index (χ2v) is 4.22. The Labute approximate surface area is 97.8 Å². The minimum absolute atomic E-state index is 0.467. The maximum absolute atomic E-state index is 13.7. The molecular weight excluding hydrogens is 228 g/mol. The maximum atomic E-state index is 13.7. The third-order valence-corrected chi connectivity index (χ3v) is 2.91. The number of rotatable bonds is 1. The number of ether oxygens (including phenoxy) is 1. The van der Waals surface area contributed by atoms with Gasteiger partial charge in [-0.15, -0.1) is 0 Å². The van der Waals surface area contributed by atoms with Crippen molar-refractivity contribution in [1.29, 1.82) is 0 Å². The van der Waals surface area contributed by atoms with Crippen LogP contribution < -0.4 is 5.32 Å². The summed E-state index contributed by atoms with van der Waals surface area (Å²) in [6, 6.07) is 3.98. The van der Waals surface area contributed by atoms with Gasteiger partial charge in [-0.25, -0.2) is 13.6 Å². The van der Waals surface area contributed by atoms with E-state index in [2.05, 4.69) is 10.1 Å². The van der Waals surface area contributed by atoms with Crippen LogP contribution in [0.4, 0.5) is 13.6 Å². The summed E-state index contributed by atoms with van der Waals surface area (Å²) in [6.07, 6.45) is -0.802. The molecule has 1 amide bonds. The second-order valence-electron chi connectivity index (χ2n) is 4.22. The highest BCUT2D eigenvalue weighted by molar-refractivity contribution is 5.69. The number of hydrogen-bond acceptors (Lipinski definition) is 2. The standard InChI is InChI=1S/C12H13F2NO2/c1-7-4-3-5-8(2)9(7)10-12(13,14)6-17-11(16)15-10/h3-5,10H,6H2,1-2H3,(H,15,16)/t10-/m1/s1. The summed E-state index contributed by atoms with van der Waals surface area (Å²) in [5, 5.41) is 2.19. The molecule has 1 atom stereocenters. The van der Waals surface area contributed by atoms with Crippen molar-refractivity contribution in [2.75, 3.05) is 6.61 Å². The van der Waals surface area contributed by atoms with Gasteiger partial charge in [0.1, 0.15) is 6.04 Å². The van der Waals surface area contributed by atoms with Crippen molar-refractivity contribution in [2.45, 2.75) is 25.8 Å². The first-order chi connectivity index (χ1) is 7.92. The number of halogens is 2. The van der Waals surface area contributed by atoms with Crippen LogP contribution in [0.3, 0.4) is 0 Å². The van der Waals surface area contributed by atoms with Crippen molar-refractivity contribution in [3.8, 4) is 0 Å². The van der Waals surface area contributed by atoms with E-state index in [0.29, 0.717) is 5.56 Å². The molecule has 1 heterocycles. The first-order valence-electron chi connectivity index (χ1n) is 5.29. The van der Waals surface area contributed by atoms with Gasteiger partial charge in [0.2, 0.25) is 0 Å². The van der Waals surface area contributed by atoms with Crippen LogP contribution in [0.25, 0.3) is 0 Å². The third-order valence-electron chi connectivity index (χ3n) is 2.91. The smallest absolute Gasteiger partial charge is 0.408 e. The van der Waals surface area contributed by atoms with Crippen molar-refractivity contribution in [1.82, 2.24) is 5.32 Å². The van der Waals surface area contributed by atoms with Crippen molar-refractivity contribution < 1.29 is 18.3 Å². The fraction of sp³-hybridized carbons (Fsp3) is 0.417. The molecule has 0 radical (unpaired) electrons. The van der Waals surface area contributed by atoms with E-state index in [1.807, 2.05) is 0 Å². The normalized spacial score (nSPS) is 22.8. The van der Waals surface area contributed by atoms with Crippen LogP contribution in [-0.4, -0.2) is 18.6 Å². The van der Waals surface area contributed by atoms with E-state index < -0.39 is 24.7 Å². The Hall–Kier alpha value is -1.65. The topological polar surface area (TPSA) is 38.3 Å². The van der Waals surface area contributed by atoms with Crippen LogP contribution in [0, 0.1) is 13.8 Å². The van der Waals surface area contributed by atoms with Gasteiger partial charge in [-0.05, 0) is 30.5 Å². The lowest BCUT2D eigenvalue weighted by Gasteiger charge is -2.33. The molecule has 92 valence electrons. The first kappa shape index (κ1) is 11.8. The Morgan fingerprint density at radius 3 is 2.53 bits per heavy atom. The molecule has 1 saturated heterocycles. The number of hydrogen-bond donors (Lipinski definition) is 1. The molecule has 1 aliphatic heterocycles. The molecular formula is C12H13F2NO2. The van der Waals surface area contributed by atoms with Crippen LogP contribution >= 0.6 is 0 Å². The maximum Gasteiger partial charge on any atom is 0.408 e. The predicted molar refractivity (Wildman–Crippen MR) is 58.1 cm³/mol. The van der Waals surface area contributed by atoms with Gasteiger partial charge in [0.05, 0.1) is 0 Å². The van der Waals surface area contributed by atoms with Gasteiger partial charge in [-0.2, -0.15) is 0 Å². The first-order valence-corrected chi connectivity index (χ1v) is 5.29. The molecule has 3 nitrogen and oxygen atoms in total. The Bertz CT molecular complexity index is 440. The zero-order valence-corrected chi connectivity index (χ0v) is 9.59. The highest BCUT2D eigenvalue weighted by Crippen LogP contribution is 2.37. The molecule has 17 heavy (non-hydrogen) atoms. The molecule has 1 aliphatic rings. The fourth-order valence-corrected chi connectivity index (χ4v) is 2.08. The van der Waals surface area contributed by atoms with E-state index in [1.54, 1.807) is 32.0 Å². The van der Waals surface area contributed by atoms with Gasteiger partial charge in [-0.3, -0.25) is 0 Å². The van der Waals surface area contributed by atoms with Gasteiger partial charge >= 0.3 is 12.0 Å². The van der Waals surface area contributed by atoms with Crippen molar-refractivity contribution in [3.05, 3.63) is 34.9 Å². The monoisotopic (exact) mass is 241 g/mol. The molecule has 5 heteroatoms. The van der Waals surface area contributed by atoms with E-state index in [1.165, 1.54) is 0 Å². The Morgan fingerprint density at radius 2 is 1.94 bits per heavy atom. The lowest BCUT2D eigenvalue weighted by Crippen LogP contribution is -2.50. The van der Waals surface area contributed by atoms with Crippen molar-refractivity contribution >= 4 is 6.09 Å². The molecule has 0 saturated carbocycles. The Kier molecular flexibility index (Phi) is 2.77. The highest BCUT2D eigenvalue weighted by atomic mass is 19.3. The van der Waals surface area contributed by atoms with Crippen molar-refractivity contribution in [3.63, 3.8) is 0 Å². The second kappa shape index (κ2) is 3.98. The molecule has 0 aliphatic carbocycles. The number of nitrogens with one attached hydrogen (secondary N) is 1. The van der Waals surface area contributed by atoms with Crippen LogP contribution in [0.5, 0.6) is 0 Å². The summed E-state index contributed by atoms with van der Waals surface area (Å²) in [6.45, 7) is 2.62. The molecule has 0 aromatic heterocycles. The number of cyclic esters (lactones) is 1. The molecule has 1 fully saturated rings. The molecule has 1 aromatic carbocycles. The Balaban J connectivity index is 2.46. The van der Waals surface area contributed by atoms with E-state index >= 15 is 0 Å². The number of aryl methyl sites for hydroxylation is 2. The van der Waals surface area contributed by atoms with E-state index in [0.717, 1.165) is 11.1 Å². The van der Waals surface area contributed by atoms with Gasteiger partial charge in [0.25, 0.3) is 0 Å². The highest BCUT2D eigenvalue weighted by Gasteiger charge is 2.47. The average Bonchev–Trinajstić information content (AvgIpc) is 2.23. The Morgan fingerprint density at radius 1 is 1.35 bits per heavy atom. The number of alkyl carbamates (subject to hydrolysis) is 1. The van der Waals surface area contributed by atoms with Crippen LogP contribution in [-0.2, 0) is 4.74 Å². The molecule has 0 bridgehead atoms. The van der Waals surface area contributed by atoms with Gasteiger partial charge in [0.15, 0.2) is 6.61 Å².